The van der Waals surface area contributed by atoms with Gasteiger partial charge in [-0.25, -0.2) is 13.4 Å². The van der Waals surface area contributed by atoms with Gasteiger partial charge >= 0.3 is 0 Å². The highest BCUT2D eigenvalue weighted by Crippen LogP contribution is 2.39. The van der Waals surface area contributed by atoms with Crippen molar-refractivity contribution in [2.45, 2.75) is 62.7 Å². The van der Waals surface area contributed by atoms with Crippen molar-refractivity contribution < 1.29 is 12.8 Å². The molecule has 0 bridgehead atoms. The molecule has 8 heteroatoms. The monoisotopic (exact) mass is 456 g/mol. The van der Waals surface area contributed by atoms with E-state index in [1.54, 1.807) is 30.3 Å². The first-order chi connectivity index (χ1) is 15.5. The van der Waals surface area contributed by atoms with Crippen LogP contribution in [0.3, 0.4) is 0 Å². The number of anilines is 1. The maximum atomic E-state index is 12.9. The maximum Gasteiger partial charge on any atom is 0.243 e. The lowest BCUT2D eigenvalue weighted by molar-refractivity contribution is 0.276. The Morgan fingerprint density at radius 1 is 1.09 bits per heavy atom. The van der Waals surface area contributed by atoms with E-state index in [0.717, 1.165) is 18.8 Å². The summed E-state index contributed by atoms with van der Waals surface area (Å²) in [6.07, 6.45) is 8.35. The fourth-order valence-electron chi connectivity index (χ4n) is 4.85. The molecule has 0 spiro atoms. The second-order valence-electron chi connectivity index (χ2n) is 8.88. The van der Waals surface area contributed by atoms with E-state index in [2.05, 4.69) is 18.0 Å². The minimum absolute atomic E-state index is 0.272. The fourth-order valence-corrected chi connectivity index (χ4v) is 6.30. The first kappa shape index (κ1) is 22.8. The molecule has 1 aromatic carbocycles. The number of sulfonamides is 1. The highest BCUT2D eigenvalue weighted by molar-refractivity contribution is 7.89. The van der Waals surface area contributed by atoms with Crippen LogP contribution in [0.2, 0.25) is 0 Å². The van der Waals surface area contributed by atoms with Crippen LogP contribution in [0.15, 0.2) is 39.6 Å². The van der Waals surface area contributed by atoms with Crippen LogP contribution in [-0.4, -0.2) is 43.9 Å². The fraction of sp³-hybridized carbons (Fsp3) is 0.583. The van der Waals surface area contributed by atoms with Gasteiger partial charge in [-0.05, 0) is 43.7 Å². The van der Waals surface area contributed by atoms with Gasteiger partial charge in [-0.15, -0.1) is 0 Å². The lowest BCUT2D eigenvalue weighted by Gasteiger charge is -2.33. The summed E-state index contributed by atoms with van der Waals surface area (Å²) < 4.78 is 33.4. The van der Waals surface area contributed by atoms with Crippen molar-refractivity contribution in [3.63, 3.8) is 0 Å². The number of rotatable bonds is 7. The summed E-state index contributed by atoms with van der Waals surface area (Å²) in [5.74, 6) is 2.24. The predicted molar refractivity (Wildman–Crippen MR) is 123 cm³/mol. The van der Waals surface area contributed by atoms with Gasteiger partial charge in [0.05, 0.1) is 4.90 Å². The van der Waals surface area contributed by atoms with Gasteiger partial charge < -0.3 is 9.32 Å². The van der Waals surface area contributed by atoms with Gasteiger partial charge in [0.2, 0.25) is 27.5 Å². The molecule has 32 heavy (non-hydrogen) atoms. The zero-order valence-corrected chi connectivity index (χ0v) is 19.6. The van der Waals surface area contributed by atoms with E-state index in [-0.39, 0.29) is 5.92 Å². The molecule has 2 heterocycles. The predicted octanol–water partition coefficient (Wildman–Crippen LogP) is 4.52. The lowest BCUT2D eigenvalue weighted by atomic mass is 9.80. The highest BCUT2D eigenvalue weighted by atomic mass is 32.2. The first-order valence-corrected chi connectivity index (χ1v) is 13.2. The van der Waals surface area contributed by atoms with Crippen molar-refractivity contribution in [2.75, 3.05) is 31.1 Å². The van der Waals surface area contributed by atoms with Crippen LogP contribution in [0.25, 0.3) is 0 Å². The first-order valence-electron chi connectivity index (χ1n) is 11.7. The number of unbranched alkanes of at least 4 members (excludes halogenated alkanes) is 1. The van der Waals surface area contributed by atoms with E-state index in [4.69, 9.17) is 4.42 Å². The van der Waals surface area contributed by atoms with Crippen LogP contribution < -0.4 is 4.90 Å². The summed E-state index contributed by atoms with van der Waals surface area (Å²) in [4.78, 5) is 6.79. The number of benzene rings is 1. The number of nitrogens with zero attached hydrogens (tertiary/aromatic N) is 4. The largest absolute Gasteiger partial charge is 0.423 e. The summed E-state index contributed by atoms with van der Waals surface area (Å²) in [7, 11) is -3.51. The van der Waals surface area contributed by atoms with Gasteiger partial charge in [0.15, 0.2) is 0 Å². The van der Waals surface area contributed by atoms with Crippen LogP contribution in [0.4, 0.5) is 5.88 Å². The molecule has 2 fully saturated rings. The summed E-state index contributed by atoms with van der Waals surface area (Å²) in [5, 5.41) is 9.62. The summed E-state index contributed by atoms with van der Waals surface area (Å²) in [6.45, 7) is 3.87. The number of hydrogen-bond acceptors (Lipinski definition) is 6. The highest BCUT2D eigenvalue weighted by Gasteiger charge is 2.32. The molecule has 1 aliphatic heterocycles. The van der Waals surface area contributed by atoms with Crippen molar-refractivity contribution in [3.8, 4) is 6.07 Å². The molecule has 7 nitrogen and oxygen atoms in total. The zero-order chi connectivity index (χ0) is 22.6. The molecule has 1 aliphatic carbocycles. The van der Waals surface area contributed by atoms with Crippen LogP contribution in [0.5, 0.6) is 0 Å². The topological polar surface area (TPSA) is 90.4 Å². The standard InChI is InChI=1S/C24H32N4O3S/c1-2-3-7-19-10-12-20(13-11-19)23-26-22(18-25)24(31-23)27-14-16-28(17-15-27)32(29,30)21-8-5-4-6-9-21/h4-6,8-9,19-20H,2-3,7,10-17H2,1H3. The Balaban J connectivity index is 1.40. The van der Waals surface area contributed by atoms with E-state index in [9.17, 15) is 13.7 Å². The lowest BCUT2D eigenvalue weighted by Crippen LogP contribution is -2.48. The van der Waals surface area contributed by atoms with Gasteiger partial charge in [-0.2, -0.15) is 9.57 Å². The number of hydrogen-bond donors (Lipinski definition) is 0. The van der Waals surface area contributed by atoms with Crippen LogP contribution in [0, 0.1) is 17.2 Å². The normalized spacial score (nSPS) is 22.6. The third-order valence-corrected chi connectivity index (χ3v) is 8.71. The SMILES string of the molecule is CCCCC1CCC(c2nc(C#N)c(N3CCN(S(=O)(=O)c4ccccc4)CC3)o2)CC1. The molecule has 0 atom stereocenters. The van der Waals surface area contributed by atoms with E-state index in [1.165, 1.54) is 36.4 Å². The molecule has 0 radical (unpaired) electrons. The van der Waals surface area contributed by atoms with E-state index >= 15 is 0 Å². The Bertz CT molecular complexity index is 1030. The van der Waals surface area contributed by atoms with Gasteiger partial charge in [0.1, 0.15) is 6.07 Å². The molecule has 172 valence electrons. The Kier molecular flexibility index (Phi) is 7.17. The van der Waals surface area contributed by atoms with Gasteiger partial charge in [-0.3, -0.25) is 0 Å². The minimum Gasteiger partial charge on any atom is -0.423 e. The van der Waals surface area contributed by atoms with E-state index in [0.29, 0.717) is 48.5 Å². The molecule has 1 saturated carbocycles. The molecule has 0 unspecified atom stereocenters. The van der Waals surface area contributed by atoms with Gasteiger partial charge in [0.25, 0.3) is 0 Å². The van der Waals surface area contributed by atoms with Crippen molar-refractivity contribution in [2.24, 2.45) is 5.92 Å². The molecule has 1 aromatic heterocycles. The van der Waals surface area contributed by atoms with E-state index in [1.807, 2.05) is 4.90 Å². The van der Waals surface area contributed by atoms with Crippen molar-refractivity contribution in [1.82, 2.24) is 9.29 Å². The van der Waals surface area contributed by atoms with Crippen molar-refractivity contribution >= 4 is 15.9 Å². The third kappa shape index (κ3) is 4.84. The van der Waals surface area contributed by atoms with Crippen LogP contribution in [0.1, 0.15) is 69.4 Å². The quantitative estimate of drug-likeness (QED) is 0.608. The number of piperazine rings is 1. The molecular formula is C24H32N4O3S. The molecule has 0 N–H and O–H groups in total. The minimum atomic E-state index is -3.51. The Morgan fingerprint density at radius 3 is 2.41 bits per heavy atom. The zero-order valence-electron chi connectivity index (χ0n) is 18.7. The summed E-state index contributed by atoms with van der Waals surface area (Å²) in [6, 6.07) is 10.7. The summed E-state index contributed by atoms with van der Waals surface area (Å²) >= 11 is 0. The molecule has 0 amide bonds. The second kappa shape index (κ2) is 10.1. The Morgan fingerprint density at radius 2 is 1.78 bits per heavy atom. The van der Waals surface area contributed by atoms with Crippen LogP contribution >= 0.6 is 0 Å². The maximum absolute atomic E-state index is 12.9. The molecule has 2 aliphatic rings. The average molecular weight is 457 g/mol. The molecule has 4 rings (SSSR count). The third-order valence-electron chi connectivity index (χ3n) is 6.80. The van der Waals surface area contributed by atoms with Crippen LogP contribution in [-0.2, 0) is 10.0 Å². The van der Waals surface area contributed by atoms with Gasteiger partial charge in [0, 0.05) is 32.1 Å². The van der Waals surface area contributed by atoms with Crippen molar-refractivity contribution in [3.05, 3.63) is 41.9 Å². The number of oxazole rings is 1. The molecule has 1 saturated heterocycles. The summed E-state index contributed by atoms with van der Waals surface area (Å²) in [5.41, 5.74) is 0.312. The van der Waals surface area contributed by atoms with Gasteiger partial charge in [-0.1, -0.05) is 44.4 Å². The number of aromatic nitrogens is 1. The molecule has 2 aromatic rings. The average Bonchev–Trinajstić information content (AvgIpc) is 3.28. The molecular weight excluding hydrogens is 424 g/mol. The Hall–Kier alpha value is -2.37. The Labute approximate surface area is 191 Å². The smallest absolute Gasteiger partial charge is 0.243 e. The number of nitriles is 1. The van der Waals surface area contributed by atoms with Crippen molar-refractivity contribution in [1.29, 1.82) is 5.26 Å². The van der Waals surface area contributed by atoms with E-state index < -0.39 is 10.0 Å². The second-order valence-corrected chi connectivity index (χ2v) is 10.8.